The van der Waals surface area contributed by atoms with Crippen molar-refractivity contribution in [1.82, 2.24) is 14.5 Å². The molecule has 0 unspecified atom stereocenters. The van der Waals surface area contributed by atoms with Crippen molar-refractivity contribution in [3.8, 4) is 22.7 Å². The van der Waals surface area contributed by atoms with Gasteiger partial charge in [-0.15, -0.1) is 0 Å². The minimum atomic E-state index is -0.289. The fourth-order valence-corrected chi connectivity index (χ4v) is 3.52. The van der Waals surface area contributed by atoms with E-state index in [0.717, 1.165) is 28.3 Å². The van der Waals surface area contributed by atoms with Crippen molar-refractivity contribution in [2.45, 2.75) is 47.1 Å². The second-order valence-corrected chi connectivity index (χ2v) is 8.33. The lowest BCUT2D eigenvalue weighted by Gasteiger charge is -2.25. The summed E-state index contributed by atoms with van der Waals surface area (Å²) in [4.78, 5) is 31.4. The van der Waals surface area contributed by atoms with Crippen molar-refractivity contribution in [2.75, 3.05) is 19.0 Å². The summed E-state index contributed by atoms with van der Waals surface area (Å²) < 4.78 is 7.12. The topological polar surface area (TPSA) is 76.5 Å². The van der Waals surface area contributed by atoms with Crippen LogP contribution in [0.3, 0.4) is 0 Å². The van der Waals surface area contributed by atoms with E-state index < -0.39 is 0 Å². The van der Waals surface area contributed by atoms with Crippen LogP contribution in [-0.4, -0.2) is 46.0 Å². The van der Waals surface area contributed by atoms with Crippen LogP contribution in [0.5, 0.6) is 5.75 Å². The molecule has 0 saturated carbocycles. The Hall–Kier alpha value is -3.61. The Labute approximate surface area is 195 Å². The second-order valence-electron chi connectivity index (χ2n) is 8.33. The Bertz CT molecular complexity index is 1130. The van der Waals surface area contributed by atoms with E-state index in [2.05, 4.69) is 25.2 Å². The number of carbonyl (C=O) groups is 2. The molecular formula is C26H32N4O3. The summed E-state index contributed by atoms with van der Waals surface area (Å²) in [7, 11) is 1.63. The Kier molecular flexibility index (Phi) is 7.53. The van der Waals surface area contributed by atoms with Crippen molar-refractivity contribution in [2.24, 2.45) is 0 Å². The number of hydrogen-bond acceptors (Lipinski definition) is 4. The standard InChI is InChI=1S/C26H32N4O3/c1-7-25(32)29(17(2)3)16-24(31)28-26-27-23(20-9-12-22(33-6)13-10-20)15-30(26)21-11-8-18(4)19(5)14-21/h8-15,17H,7,16H2,1-6H3,(H,27,28,31). The highest BCUT2D eigenvalue weighted by Crippen LogP contribution is 2.27. The van der Waals surface area contributed by atoms with Crippen LogP contribution in [0.15, 0.2) is 48.7 Å². The normalized spacial score (nSPS) is 10.9. The lowest BCUT2D eigenvalue weighted by molar-refractivity contribution is -0.136. The minimum absolute atomic E-state index is 0.0258. The number of rotatable bonds is 8. The zero-order valence-corrected chi connectivity index (χ0v) is 20.2. The van der Waals surface area contributed by atoms with E-state index in [1.165, 1.54) is 5.56 Å². The van der Waals surface area contributed by atoms with E-state index in [9.17, 15) is 9.59 Å². The molecule has 1 aromatic heterocycles. The van der Waals surface area contributed by atoms with Gasteiger partial charge in [0.25, 0.3) is 0 Å². The van der Waals surface area contributed by atoms with E-state index >= 15 is 0 Å². The number of nitrogens with zero attached hydrogens (tertiary/aromatic N) is 3. The number of aryl methyl sites for hydroxylation is 2. The molecule has 0 aliphatic rings. The lowest BCUT2D eigenvalue weighted by atomic mass is 10.1. The van der Waals surface area contributed by atoms with Crippen LogP contribution < -0.4 is 10.1 Å². The molecule has 0 bridgehead atoms. The van der Waals surface area contributed by atoms with Crippen molar-refractivity contribution >= 4 is 17.8 Å². The molecule has 3 rings (SSSR count). The van der Waals surface area contributed by atoms with Gasteiger partial charge >= 0.3 is 0 Å². The van der Waals surface area contributed by atoms with Crippen LogP contribution in [0, 0.1) is 13.8 Å². The number of aromatic nitrogens is 2. The third-order valence-electron chi connectivity index (χ3n) is 5.67. The lowest BCUT2D eigenvalue weighted by Crippen LogP contribution is -2.42. The van der Waals surface area contributed by atoms with Crippen LogP contribution in [0.1, 0.15) is 38.3 Å². The predicted molar refractivity (Wildman–Crippen MR) is 131 cm³/mol. The van der Waals surface area contributed by atoms with Gasteiger partial charge in [0.1, 0.15) is 12.3 Å². The maximum absolute atomic E-state index is 12.9. The summed E-state index contributed by atoms with van der Waals surface area (Å²) in [5.74, 6) is 0.816. The molecule has 174 valence electrons. The van der Waals surface area contributed by atoms with Gasteiger partial charge in [0.2, 0.25) is 17.8 Å². The average Bonchev–Trinajstić information content (AvgIpc) is 3.22. The van der Waals surface area contributed by atoms with Gasteiger partial charge in [-0.3, -0.25) is 19.5 Å². The van der Waals surface area contributed by atoms with Gasteiger partial charge in [-0.05, 0) is 75.2 Å². The molecule has 2 amide bonds. The van der Waals surface area contributed by atoms with Gasteiger partial charge < -0.3 is 9.64 Å². The minimum Gasteiger partial charge on any atom is -0.497 e. The molecule has 1 N–H and O–H groups in total. The molecule has 7 nitrogen and oxygen atoms in total. The highest BCUT2D eigenvalue weighted by atomic mass is 16.5. The first-order valence-corrected chi connectivity index (χ1v) is 11.1. The Morgan fingerprint density at radius 2 is 1.79 bits per heavy atom. The van der Waals surface area contributed by atoms with Crippen molar-refractivity contribution in [1.29, 1.82) is 0 Å². The molecule has 0 atom stereocenters. The van der Waals surface area contributed by atoms with E-state index in [0.29, 0.717) is 12.4 Å². The van der Waals surface area contributed by atoms with Crippen LogP contribution in [0.25, 0.3) is 16.9 Å². The fourth-order valence-electron chi connectivity index (χ4n) is 3.52. The van der Waals surface area contributed by atoms with E-state index in [1.54, 1.807) is 18.9 Å². The molecule has 0 saturated heterocycles. The van der Waals surface area contributed by atoms with Crippen molar-refractivity contribution < 1.29 is 14.3 Å². The summed E-state index contributed by atoms with van der Waals surface area (Å²) in [5.41, 5.74) is 4.84. The molecule has 0 spiro atoms. The number of benzene rings is 2. The monoisotopic (exact) mass is 448 g/mol. The van der Waals surface area contributed by atoms with Crippen LogP contribution in [0.4, 0.5) is 5.95 Å². The number of methoxy groups -OCH3 is 1. The van der Waals surface area contributed by atoms with Crippen molar-refractivity contribution in [3.05, 3.63) is 59.8 Å². The van der Waals surface area contributed by atoms with Gasteiger partial charge in [0, 0.05) is 29.9 Å². The first kappa shape index (κ1) is 24.0. The molecule has 0 aliphatic heterocycles. The van der Waals surface area contributed by atoms with Crippen LogP contribution in [0.2, 0.25) is 0 Å². The van der Waals surface area contributed by atoms with E-state index in [-0.39, 0.29) is 24.4 Å². The summed E-state index contributed by atoms with van der Waals surface area (Å²) in [6.45, 7) is 9.68. The average molecular weight is 449 g/mol. The highest BCUT2D eigenvalue weighted by molar-refractivity contribution is 5.94. The number of nitrogens with one attached hydrogen (secondary N) is 1. The molecule has 0 radical (unpaired) electrons. The SMILES string of the molecule is CCC(=O)N(CC(=O)Nc1nc(-c2ccc(OC)cc2)cn1-c1ccc(C)c(C)c1)C(C)C. The van der Waals surface area contributed by atoms with E-state index in [1.807, 2.05) is 61.0 Å². The predicted octanol–water partition coefficient (Wildman–Crippen LogP) is 4.75. The Balaban J connectivity index is 1.97. The van der Waals surface area contributed by atoms with Crippen LogP contribution in [-0.2, 0) is 9.59 Å². The third-order valence-corrected chi connectivity index (χ3v) is 5.67. The number of ether oxygens (including phenoxy) is 1. The smallest absolute Gasteiger partial charge is 0.246 e. The molecule has 7 heteroatoms. The molecular weight excluding hydrogens is 416 g/mol. The maximum atomic E-state index is 12.9. The maximum Gasteiger partial charge on any atom is 0.246 e. The molecule has 3 aromatic rings. The highest BCUT2D eigenvalue weighted by Gasteiger charge is 2.21. The third kappa shape index (κ3) is 5.61. The first-order valence-electron chi connectivity index (χ1n) is 11.1. The Morgan fingerprint density at radius 3 is 2.36 bits per heavy atom. The molecule has 0 aliphatic carbocycles. The molecule has 33 heavy (non-hydrogen) atoms. The van der Waals surface area contributed by atoms with E-state index in [4.69, 9.17) is 9.72 Å². The quantitative estimate of drug-likeness (QED) is 0.540. The van der Waals surface area contributed by atoms with Gasteiger partial charge in [0.15, 0.2) is 0 Å². The second kappa shape index (κ2) is 10.3. The van der Waals surface area contributed by atoms with Gasteiger partial charge in [-0.2, -0.15) is 0 Å². The summed E-state index contributed by atoms with van der Waals surface area (Å²) in [6, 6.07) is 13.6. The Morgan fingerprint density at radius 1 is 1.09 bits per heavy atom. The van der Waals surface area contributed by atoms with Crippen LogP contribution >= 0.6 is 0 Å². The van der Waals surface area contributed by atoms with Gasteiger partial charge in [-0.25, -0.2) is 4.98 Å². The summed E-state index contributed by atoms with van der Waals surface area (Å²) >= 11 is 0. The number of imidazole rings is 1. The number of hydrogen-bond donors (Lipinski definition) is 1. The molecule has 2 aromatic carbocycles. The summed E-state index contributed by atoms with van der Waals surface area (Å²) in [6.07, 6.45) is 2.25. The summed E-state index contributed by atoms with van der Waals surface area (Å²) in [5, 5.41) is 2.91. The molecule has 0 fully saturated rings. The number of amides is 2. The largest absolute Gasteiger partial charge is 0.497 e. The zero-order valence-electron chi connectivity index (χ0n) is 20.2. The number of carbonyl (C=O) groups excluding carboxylic acids is 2. The first-order chi connectivity index (χ1) is 15.7. The fraction of sp³-hybridized carbons (Fsp3) is 0.346. The van der Waals surface area contributed by atoms with Gasteiger partial charge in [0.05, 0.1) is 12.8 Å². The zero-order chi connectivity index (χ0) is 24.1. The van der Waals surface area contributed by atoms with Gasteiger partial charge in [-0.1, -0.05) is 13.0 Å². The number of anilines is 1. The van der Waals surface area contributed by atoms with Crippen molar-refractivity contribution in [3.63, 3.8) is 0 Å². The molecule has 1 heterocycles.